The van der Waals surface area contributed by atoms with Gasteiger partial charge in [-0.15, -0.1) is 0 Å². The predicted octanol–water partition coefficient (Wildman–Crippen LogP) is 4.90. The minimum Gasteiger partial charge on any atom is -0.494 e. The zero-order valence-corrected chi connectivity index (χ0v) is 23.9. The minimum absolute atomic E-state index is 0.0929. The first-order valence-corrected chi connectivity index (χ1v) is 14.6. The molecule has 11 heteroatoms. The van der Waals surface area contributed by atoms with Gasteiger partial charge in [0.25, 0.3) is 0 Å². The number of benzene rings is 1. The normalized spacial score (nSPS) is 14.2. The Kier molecular flexibility index (Phi) is 12.0. The van der Waals surface area contributed by atoms with Gasteiger partial charge in [-0.3, -0.25) is 14.3 Å². The molecule has 0 aliphatic heterocycles. The Morgan fingerprint density at radius 2 is 2.15 bits per heavy atom. The Balaban J connectivity index is 1.62. The first-order chi connectivity index (χ1) is 18.7. The second kappa shape index (κ2) is 15.2. The molecule has 0 spiro atoms. The third-order valence-electron chi connectivity index (χ3n) is 6.79. The van der Waals surface area contributed by atoms with Gasteiger partial charge in [-0.1, -0.05) is 36.9 Å². The Bertz CT molecular complexity index is 1070. The van der Waals surface area contributed by atoms with Crippen LogP contribution in [-0.4, -0.2) is 53.5 Å². The van der Waals surface area contributed by atoms with E-state index in [1.54, 1.807) is 7.05 Å². The van der Waals surface area contributed by atoms with Crippen molar-refractivity contribution in [1.82, 2.24) is 19.8 Å². The number of alkyl halides is 2. The van der Waals surface area contributed by atoms with Crippen molar-refractivity contribution in [3.8, 4) is 5.75 Å². The number of aromatic nitrogens is 2. The molecule has 1 unspecified atom stereocenters. The van der Waals surface area contributed by atoms with Crippen LogP contribution in [0.4, 0.5) is 14.6 Å². The average Bonchev–Trinajstić information content (AvgIpc) is 3.68. The third kappa shape index (κ3) is 11.2. The predicted molar refractivity (Wildman–Crippen MR) is 151 cm³/mol. The molecule has 1 atom stereocenters. The fourth-order valence-electron chi connectivity index (χ4n) is 4.41. The minimum atomic E-state index is -2.69. The van der Waals surface area contributed by atoms with Gasteiger partial charge < -0.3 is 15.4 Å². The summed E-state index contributed by atoms with van der Waals surface area (Å²) in [7, 11) is 1.78. The number of halogens is 2. The highest BCUT2D eigenvalue weighted by Gasteiger charge is 2.24. The van der Waals surface area contributed by atoms with Crippen LogP contribution in [0.25, 0.3) is 0 Å². The number of carbonyl (C=O) groups is 2. The quantitative estimate of drug-likeness (QED) is 0.127. The summed E-state index contributed by atoms with van der Waals surface area (Å²) in [5, 5.41) is 10.8. The van der Waals surface area contributed by atoms with Crippen molar-refractivity contribution >= 4 is 30.1 Å². The third-order valence-corrected chi connectivity index (χ3v) is 7.49. The standard InChI is InChI=1S/C28H41F2N5O3S/c1-20-25(34-35(14-12-21-8-9-21)27(20)33-26(37)18-39-31-3)17-23(32-19-36)11-10-22-6-4-7-24(16-22)38-15-5-13-28(2,29)30/h4,6-7,16,19,21,23,31H,5,8-15,17-18H2,1-3H3,(H,32,36)(H,33,37). The number of hydrogen-bond donors (Lipinski definition) is 3. The van der Waals surface area contributed by atoms with Crippen LogP contribution in [0.2, 0.25) is 0 Å². The second-order valence-corrected chi connectivity index (χ2v) is 11.3. The van der Waals surface area contributed by atoms with Gasteiger partial charge in [-0.25, -0.2) is 13.5 Å². The summed E-state index contributed by atoms with van der Waals surface area (Å²) >= 11 is 1.33. The molecule has 2 aromatic rings. The summed E-state index contributed by atoms with van der Waals surface area (Å²) in [6.45, 7) is 3.86. The molecule has 1 fully saturated rings. The van der Waals surface area contributed by atoms with Crippen molar-refractivity contribution in [2.75, 3.05) is 24.7 Å². The number of rotatable bonds is 19. The molecule has 3 rings (SSSR count). The number of amides is 2. The molecule has 3 N–H and O–H groups in total. The van der Waals surface area contributed by atoms with E-state index in [1.807, 2.05) is 35.9 Å². The first kappa shape index (κ1) is 30.9. The number of anilines is 1. The van der Waals surface area contributed by atoms with Gasteiger partial charge in [0, 0.05) is 31.0 Å². The van der Waals surface area contributed by atoms with E-state index in [1.165, 1.54) is 24.8 Å². The zero-order valence-electron chi connectivity index (χ0n) is 23.1. The molecule has 1 aromatic heterocycles. The smallest absolute Gasteiger partial charge is 0.245 e. The fraction of sp³-hybridized carbons (Fsp3) is 0.607. The van der Waals surface area contributed by atoms with Crippen molar-refractivity contribution in [3.05, 3.63) is 41.1 Å². The average molecular weight is 566 g/mol. The van der Waals surface area contributed by atoms with Crippen LogP contribution in [0, 0.1) is 12.8 Å². The van der Waals surface area contributed by atoms with Gasteiger partial charge in [0.1, 0.15) is 11.6 Å². The number of carbonyl (C=O) groups excluding carboxylic acids is 2. The molecule has 39 heavy (non-hydrogen) atoms. The van der Waals surface area contributed by atoms with Crippen molar-refractivity contribution in [1.29, 1.82) is 0 Å². The van der Waals surface area contributed by atoms with E-state index in [9.17, 15) is 18.4 Å². The molecular weight excluding hydrogens is 524 g/mol. The number of aryl methyl sites for hydroxylation is 2. The maximum absolute atomic E-state index is 13.0. The van der Waals surface area contributed by atoms with Gasteiger partial charge in [0.15, 0.2) is 0 Å². The maximum Gasteiger partial charge on any atom is 0.245 e. The van der Waals surface area contributed by atoms with Crippen molar-refractivity contribution in [2.24, 2.45) is 5.92 Å². The van der Waals surface area contributed by atoms with Crippen LogP contribution >= 0.6 is 11.9 Å². The maximum atomic E-state index is 13.0. The van der Waals surface area contributed by atoms with E-state index < -0.39 is 5.92 Å². The van der Waals surface area contributed by atoms with Crippen molar-refractivity contribution < 1.29 is 23.1 Å². The molecule has 0 saturated heterocycles. The van der Waals surface area contributed by atoms with E-state index in [0.717, 1.165) is 48.4 Å². The summed E-state index contributed by atoms with van der Waals surface area (Å²) < 4.78 is 36.5. The van der Waals surface area contributed by atoms with Crippen LogP contribution < -0.4 is 20.1 Å². The second-order valence-electron chi connectivity index (χ2n) is 10.3. The van der Waals surface area contributed by atoms with E-state index in [2.05, 4.69) is 15.4 Å². The molecule has 2 amide bonds. The molecule has 1 aliphatic carbocycles. The summed E-state index contributed by atoms with van der Waals surface area (Å²) in [4.78, 5) is 23.9. The Morgan fingerprint density at radius 3 is 2.85 bits per heavy atom. The summed E-state index contributed by atoms with van der Waals surface area (Å²) in [6, 6.07) is 7.45. The van der Waals surface area contributed by atoms with Crippen LogP contribution in [-0.2, 0) is 29.0 Å². The van der Waals surface area contributed by atoms with E-state index in [0.29, 0.717) is 37.2 Å². The molecule has 1 saturated carbocycles. The molecule has 216 valence electrons. The van der Waals surface area contributed by atoms with Crippen LogP contribution in [0.15, 0.2) is 24.3 Å². The molecule has 1 aliphatic rings. The van der Waals surface area contributed by atoms with Crippen LogP contribution in [0.3, 0.4) is 0 Å². The van der Waals surface area contributed by atoms with Gasteiger partial charge in [-0.2, -0.15) is 5.10 Å². The van der Waals surface area contributed by atoms with Crippen LogP contribution in [0.5, 0.6) is 5.75 Å². The van der Waals surface area contributed by atoms with Gasteiger partial charge in [-0.05, 0) is 70.2 Å². The highest BCUT2D eigenvalue weighted by atomic mass is 32.2. The number of nitrogens with zero attached hydrogens (tertiary/aromatic N) is 2. The van der Waals surface area contributed by atoms with Crippen molar-refractivity contribution in [3.63, 3.8) is 0 Å². The molecular formula is C28H41F2N5O3S. The summed E-state index contributed by atoms with van der Waals surface area (Å²) in [5.74, 6) is -0.378. The largest absolute Gasteiger partial charge is 0.494 e. The molecule has 0 radical (unpaired) electrons. The summed E-state index contributed by atoms with van der Waals surface area (Å²) in [6.07, 6.45) is 6.23. The summed E-state index contributed by atoms with van der Waals surface area (Å²) in [5.41, 5.74) is 2.80. The lowest BCUT2D eigenvalue weighted by Crippen LogP contribution is -2.31. The molecule has 1 aromatic carbocycles. The number of ether oxygens (including phenoxy) is 1. The van der Waals surface area contributed by atoms with E-state index >= 15 is 0 Å². The monoisotopic (exact) mass is 565 g/mol. The highest BCUT2D eigenvalue weighted by molar-refractivity contribution is 7.98. The zero-order chi connectivity index (χ0) is 28.3. The fourth-order valence-corrected chi connectivity index (χ4v) is 4.76. The van der Waals surface area contributed by atoms with Gasteiger partial charge >= 0.3 is 0 Å². The number of nitrogens with one attached hydrogen (secondary N) is 3. The van der Waals surface area contributed by atoms with E-state index in [-0.39, 0.29) is 31.4 Å². The first-order valence-electron chi connectivity index (χ1n) is 13.6. The topological polar surface area (TPSA) is 97.3 Å². The Labute approximate surface area is 234 Å². The molecule has 8 nitrogen and oxygen atoms in total. The highest BCUT2D eigenvalue weighted by Crippen LogP contribution is 2.33. The molecule has 0 bridgehead atoms. The number of hydrogen-bond acceptors (Lipinski definition) is 6. The lowest BCUT2D eigenvalue weighted by Gasteiger charge is -2.16. The SMILES string of the molecule is CNSCC(=O)Nc1c(C)c(CC(CCc2cccc(OCCCC(C)(F)F)c2)NC=O)nn1CCC1CC1. The van der Waals surface area contributed by atoms with Gasteiger partial charge in [0.2, 0.25) is 18.2 Å². The Morgan fingerprint density at radius 1 is 1.36 bits per heavy atom. The Hall–Kier alpha value is -2.66. The lowest BCUT2D eigenvalue weighted by molar-refractivity contribution is -0.114. The molecule has 1 heterocycles. The van der Waals surface area contributed by atoms with Crippen LogP contribution in [0.1, 0.15) is 62.3 Å². The van der Waals surface area contributed by atoms with Crippen molar-refractivity contribution in [2.45, 2.75) is 83.7 Å². The lowest BCUT2D eigenvalue weighted by atomic mass is 10.0. The van der Waals surface area contributed by atoms with Gasteiger partial charge in [0.05, 0.1) is 18.1 Å². The van der Waals surface area contributed by atoms with E-state index in [4.69, 9.17) is 9.84 Å².